The first-order valence-electron chi connectivity index (χ1n) is 7.36. The van der Waals surface area contributed by atoms with Gasteiger partial charge in [0.25, 0.3) is 0 Å². The van der Waals surface area contributed by atoms with Gasteiger partial charge in [-0.25, -0.2) is 4.79 Å². The highest BCUT2D eigenvalue weighted by Gasteiger charge is 2.36. The number of nitrogens with one attached hydrogen (secondary N) is 1. The highest BCUT2D eigenvalue weighted by molar-refractivity contribution is 5.85. The van der Waals surface area contributed by atoms with Crippen LogP contribution in [0, 0.1) is 0 Å². The maximum atomic E-state index is 12.3. The number of piperidine rings is 1. The molecular weight excluding hydrogens is 260 g/mol. The van der Waals surface area contributed by atoms with Gasteiger partial charge in [0.05, 0.1) is 12.2 Å². The minimum Gasteiger partial charge on any atom is -0.464 e. The number of amides is 1. The zero-order valence-corrected chi connectivity index (χ0v) is 12.3. The van der Waals surface area contributed by atoms with E-state index in [9.17, 15) is 9.59 Å². The lowest BCUT2D eigenvalue weighted by Gasteiger charge is -2.40. The van der Waals surface area contributed by atoms with Gasteiger partial charge in [0.2, 0.25) is 5.91 Å². The second-order valence-electron chi connectivity index (χ2n) is 5.69. The van der Waals surface area contributed by atoms with Gasteiger partial charge in [0.1, 0.15) is 12.6 Å². The van der Waals surface area contributed by atoms with Crippen molar-refractivity contribution < 1.29 is 19.1 Å². The summed E-state index contributed by atoms with van der Waals surface area (Å²) in [5, 5.41) is 3.12. The van der Waals surface area contributed by atoms with Crippen molar-refractivity contribution in [1.82, 2.24) is 10.2 Å². The van der Waals surface area contributed by atoms with E-state index in [1.54, 1.807) is 11.8 Å². The highest BCUT2D eigenvalue weighted by atomic mass is 16.5. The Hall–Kier alpha value is -1.14. The Morgan fingerprint density at radius 3 is 2.70 bits per heavy atom. The van der Waals surface area contributed by atoms with Gasteiger partial charge in [0.15, 0.2) is 0 Å². The predicted octanol–water partition coefficient (Wildman–Crippen LogP) is 0.309. The fourth-order valence-corrected chi connectivity index (χ4v) is 2.61. The molecule has 1 atom stereocenters. The summed E-state index contributed by atoms with van der Waals surface area (Å²) in [6.07, 6.45) is 2.57. The zero-order chi connectivity index (χ0) is 14.6. The van der Waals surface area contributed by atoms with E-state index in [0.29, 0.717) is 19.6 Å². The lowest BCUT2D eigenvalue weighted by molar-refractivity contribution is -0.161. The Kier molecular flexibility index (Phi) is 4.99. The van der Waals surface area contributed by atoms with Gasteiger partial charge in [-0.05, 0) is 33.1 Å². The Morgan fingerprint density at radius 2 is 2.10 bits per heavy atom. The van der Waals surface area contributed by atoms with Crippen molar-refractivity contribution in [1.29, 1.82) is 0 Å². The predicted molar refractivity (Wildman–Crippen MR) is 73.2 cm³/mol. The van der Waals surface area contributed by atoms with E-state index in [1.165, 1.54) is 0 Å². The first-order chi connectivity index (χ1) is 9.56. The molecular formula is C14H24N2O4. The number of hydrogen-bond acceptors (Lipinski definition) is 5. The second kappa shape index (κ2) is 6.54. The Morgan fingerprint density at radius 1 is 1.35 bits per heavy atom. The fraction of sp³-hybridized carbons (Fsp3) is 0.857. The molecule has 2 aliphatic heterocycles. The van der Waals surface area contributed by atoms with Crippen molar-refractivity contribution in [2.45, 2.75) is 44.8 Å². The van der Waals surface area contributed by atoms with Crippen LogP contribution in [-0.2, 0) is 19.1 Å². The molecule has 0 aromatic rings. The molecule has 2 saturated heterocycles. The van der Waals surface area contributed by atoms with Crippen molar-refractivity contribution in [2.24, 2.45) is 0 Å². The van der Waals surface area contributed by atoms with Crippen molar-refractivity contribution in [3.8, 4) is 0 Å². The van der Waals surface area contributed by atoms with Gasteiger partial charge in [-0.3, -0.25) is 4.79 Å². The largest absolute Gasteiger partial charge is 0.464 e. The highest BCUT2D eigenvalue weighted by Crippen LogP contribution is 2.20. The Labute approximate surface area is 119 Å². The monoisotopic (exact) mass is 284 g/mol. The summed E-state index contributed by atoms with van der Waals surface area (Å²) in [7, 11) is 0. The van der Waals surface area contributed by atoms with Crippen LogP contribution in [0.15, 0.2) is 0 Å². The van der Waals surface area contributed by atoms with Gasteiger partial charge in [-0.15, -0.1) is 0 Å². The van der Waals surface area contributed by atoms with Crippen LogP contribution < -0.4 is 5.32 Å². The minimum absolute atomic E-state index is 0.0358. The molecule has 0 saturated carbocycles. The molecule has 1 unspecified atom stereocenters. The van der Waals surface area contributed by atoms with Gasteiger partial charge < -0.3 is 19.7 Å². The third-order valence-corrected chi connectivity index (χ3v) is 3.92. The summed E-state index contributed by atoms with van der Waals surface area (Å²) in [6, 6.07) is -0.438. The quantitative estimate of drug-likeness (QED) is 0.736. The summed E-state index contributed by atoms with van der Waals surface area (Å²) in [6.45, 7) is 6.28. The Bertz CT molecular complexity index is 368. The maximum Gasteiger partial charge on any atom is 0.328 e. The summed E-state index contributed by atoms with van der Waals surface area (Å²) in [5.41, 5.74) is -0.245. The average molecular weight is 284 g/mol. The minimum atomic E-state index is -0.438. The van der Waals surface area contributed by atoms with Gasteiger partial charge in [0, 0.05) is 19.6 Å². The van der Waals surface area contributed by atoms with Crippen LogP contribution in [0.25, 0.3) is 0 Å². The van der Waals surface area contributed by atoms with E-state index in [4.69, 9.17) is 9.47 Å². The lowest BCUT2D eigenvalue weighted by Crippen LogP contribution is -2.60. The van der Waals surface area contributed by atoms with E-state index in [-0.39, 0.29) is 24.1 Å². The molecule has 0 spiro atoms. The molecule has 2 aliphatic rings. The van der Waals surface area contributed by atoms with Crippen molar-refractivity contribution in [2.75, 3.05) is 32.8 Å². The third-order valence-electron chi connectivity index (χ3n) is 3.92. The molecule has 0 bridgehead atoms. The van der Waals surface area contributed by atoms with Crippen LogP contribution in [0.2, 0.25) is 0 Å². The van der Waals surface area contributed by atoms with Crippen LogP contribution >= 0.6 is 0 Å². The molecule has 2 fully saturated rings. The summed E-state index contributed by atoms with van der Waals surface area (Å²) >= 11 is 0. The SMILES string of the molecule is CCOC(=O)C1CCCCN1C(=O)COC1(C)CNC1. The fourth-order valence-electron chi connectivity index (χ4n) is 2.61. The molecule has 6 heteroatoms. The van der Waals surface area contributed by atoms with Crippen molar-refractivity contribution >= 4 is 11.9 Å². The maximum absolute atomic E-state index is 12.3. The van der Waals surface area contributed by atoms with E-state index in [1.807, 2.05) is 6.92 Å². The normalized spacial score (nSPS) is 24.9. The molecule has 0 radical (unpaired) electrons. The smallest absolute Gasteiger partial charge is 0.328 e. The first-order valence-corrected chi connectivity index (χ1v) is 7.36. The van der Waals surface area contributed by atoms with E-state index < -0.39 is 6.04 Å². The van der Waals surface area contributed by atoms with Gasteiger partial charge in [-0.2, -0.15) is 0 Å². The number of nitrogens with zero attached hydrogens (tertiary/aromatic N) is 1. The number of rotatable bonds is 5. The van der Waals surface area contributed by atoms with E-state index >= 15 is 0 Å². The van der Waals surface area contributed by atoms with Crippen molar-refractivity contribution in [3.63, 3.8) is 0 Å². The van der Waals surface area contributed by atoms with Crippen LogP contribution in [0.4, 0.5) is 0 Å². The third kappa shape index (κ3) is 3.49. The number of likely N-dealkylation sites (tertiary alicyclic amines) is 1. The molecule has 0 aromatic heterocycles. The first kappa shape index (κ1) is 15.3. The summed E-state index contributed by atoms with van der Waals surface area (Å²) < 4.78 is 10.7. The standard InChI is InChI=1S/C14H24N2O4/c1-3-19-13(18)11-6-4-5-7-16(11)12(17)8-20-14(2)9-15-10-14/h11,15H,3-10H2,1-2H3. The molecule has 1 N–H and O–H groups in total. The molecule has 6 nitrogen and oxygen atoms in total. The molecule has 2 heterocycles. The van der Waals surface area contributed by atoms with E-state index in [2.05, 4.69) is 5.32 Å². The number of carbonyl (C=O) groups excluding carboxylic acids is 2. The number of ether oxygens (including phenoxy) is 2. The number of carbonyl (C=O) groups is 2. The summed E-state index contributed by atoms with van der Waals surface area (Å²) in [4.78, 5) is 25.8. The zero-order valence-electron chi connectivity index (χ0n) is 12.3. The second-order valence-corrected chi connectivity index (χ2v) is 5.69. The average Bonchev–Trinajstić information content (AvgIpc) is 2.43. The Balaban J connectivity index is 1.89. The topological polar surface area (TPSA) is 67.9 Å². The lowest BCUT2D eigenvalue weighted by atomic mass is 10.00. The van der Waals surface area contributed by atoms with Crippen LogP contribution in [0.5, 0.6) is 0 Å². The molecule has 1 amide bonds. The molecule has 114 valence electrons. The number of esters is 1. The van der Waals surface area contributed by atoms with Gasteiger partial charge >= 0.3 is 5.97 Å². The van der Waals surface area contributed by atoms with Crippen LogP contribution in [0.3, 0.4) is 0 Å². The van der Waals surface area contributed by atoms with Gasteiger partial charge in [-0.1, -0.05) is 0 Å². The number of hydrogen-bond donors (Lipinski definition) is 1. The van der Waals surface area contributed by atoms with Crippen molar-refractivity contribution in [3.05, 3.63) is 0 Å². The van der Waals surface area contributed by atoms with Crippen LogP contribution in [0.1, 0.15) is 33.1 Å². The molecule has 2 rings (SSSR count). The summed E-state index contributed by atoms with van der Waals surface area (Å²) in [5.74, 6) is -0.409. The molecule has 0 aromatic carbocycles. The van der Waals surface area contributed by atoms with Crippen LogP contribution in [-0.4, -0.2) is 61.3 Å². The van der Waals surface area contributed by atoms with E-state index in [0.717, 1.165) is 25.9 Å². The molecule has 20 heavy (non-hydrogen) atoms. The molecule has 0 aliphatic carbocycles.